The van der Waals surface area contributed by atoms with Crippen LogP contribution in [0.1, 0.15) is 25.7 Å². The van der Waals surface area contributed by atoms with Crippen LogP contribution in [0.5, 0.6) is 0 Å². The van der Waals surface area contributed by atoms with Gasteiger partial charge in [0, 0.05) is 0 Å². The quantitative estimate of drug-likeness (QED) is 0.511. The largest absolute Gasteiger partial charge is 0.103 e. The van der Waals surface area contributed by atoms with Gasteiger partial charge in [0.1, 0.15) is 0 Å². The second-order valence-corrected chi connectivity index (χ2v) is 2.47. The average Bonchev–Trinajstić information content (AvgIpc) is 2.19. The molecule has 0 amide bonds. The molecule has 1 fully saturated rings. The van der Waals surface area contributed by atoms with Gasteiger partial charge in [0.2, 0.25) is 0 Å². The first kappa shape index (κ1) is 5.87. The maximum atomic E-state index is 3.67. The van der Waals surface area contributed by atoms with Crippen LogP contribution in [-0.2, 0) is 0 Å². The lowest BCUT2D eigenvalue weighted by Gasteiger charge is -2.00. The summed E-state index contributed by atoms with van der Waals surface area (Å²) in [5.41, 5.74) is 0. The van der Waals surface area contributed by atoms with Gasteiger partial charge in [-0.05, 0) is 25.2 Å². The number of allylic oxidation sites excluding steroid dienone is 1. The van der Waals surface area contributed by atoms with E-state index in [1.165, 1.54) is 25.7 Å². The Morgan fingerprint density at radius 1 is 1.25 bits per heavy atom. The van der Waals surface area contributed by atoms with Crippen LogP contribution in [0.2, 0.25) is 0 Å². The number of rotatable bonds is 2. The Balaban J connectivity index is 2.14. The summed E-state index contributed by atoms with van der Waals surface area (Å²) in [6.45, 7) is 3.67. The normalized spacial score (nSPS) is 21.5. The summed E-state index contributed by atoms with van der Waals surface area (Å²) in [6, 6.07) is 0. The van der Waals surface area contributed by atoms with Crippen molar-refractivity contribution in [2.45, 2.75) is 25.7 Å². The highest BCUT2D eigenvalue weighted by molar-refractivity contribution is 4.93. The third-order valence-corrected chi connectivity index (χ3v) is 1.81. The number of hydrogen-bond donors (Lipinski definition) is 0. The molecule has 1 saturated carbocycles. The summed E-state index contributed by atoms with van der Waals surface area (Å²) in [5, 5.41) is 0. The van der Waals surface area contributed by atoms with E-state index in [0.29, 0.717) is 0 Å². The van der Waals surface area contributed by atoms with Crippen molar-refractivity contribution >= 4 is 0 Å². The summed E-state index contributed by atoms with van der Waals surface area (Å²) >= 11 is 0. The molecule has 0 spiro atoms. The molecule has 1 aliphatic carbocycles. The molecule has 8 heavy (non-hydrogen) atoms. The van der Waals surface area contributed by atoms with E-state index in [1.807, 2.05) is 6.08 Å². The third kappa shape index (κ3) is 1.36. The van der Waals surface area contributed by atoms with Crippen LogP contribution in [0.3, 0.4) is 0 Å². The Kier molecular flexibility index (Phi) is 2.13. The van der Waals surface area contributed by atoms with Crippen LogP contribution < -0.4 is 0 Å². The van der Waals surface area contributed by atoms with Crippen molar-refractivity contribution < 1.29 is 0 Å². The van der Waals surface area contributed by atoms with Crippen LogP contribution in [-0.4, -0.2) is 0 Å². The van der Waals surface area contributed by atoms with E-state index in [0.717, 1.165) is 5.92 Å². The molecule has 1 radical (unpaired) electrons. The first-order valence-electron chi connectivity index (χ1n) is 3.39. The van der Waals surface area contributed by atoms with Gasteiger partial charge in [-0.2, -0.15) is 0 Å². The lowest BCUT2D eigenvalue weighted by atomic mass is 10.1. The van der Waals surface area contributed by atoms with E-state index in [2.05, 4.69) is 13.0 Å². The molecule has 0 aromatic heterocycles. The Morgan fingerprint density at radius 3 is 2.38 bits per heavy atom. The van der Waals surface area contributed by atoms with Gasteiger partial charge in [-0.3, -0.25) is 0 Å². The zero-order valence-corrected chi connectivity index (χ0v) is 5.27. The molecular weight excluding hydrogens is 96.1 g/mol. The fraction of sp³-hybridized carbons (Fsp3) is 0.625. The molecular formula is C8H13. The summed E-state index contributed by atoms with van der Waals surface area (Å²) < 4.78 is 0. The second kappa shape index (κ2) is 2.91. The zero-order chi connectivity index (χ0) is 5.82. The van der Waals surface area contributed by atoms with Crippen LogP contribution in [0.4, 0.5) is 0 Å². The molecule has 0 bridgehead atoms. The minimum atomic E-state index is 0.868. The van der Waals surface area contributed by atoms with Gasteiger partial charge in [-0.25, -0.2) is 0 Å². The van der Waals surface area contributed by atoms with E-state index in [9.17, 15) is 0 Å². The zero-order valence-electron chi connectivity index (χ0n) is 5.27. The minimum absolute atomic E-state index is 0.868. The van der Waals surface area contributed by atoms with Crippen molar-refractivity contribution in [2.24, 2.45) is 5.92 Å². The van der Waals surface area contributed by atoms with Gasteiger partial charge in [-0.1, -0.05) is 18.9 Å². The molecule has 1 rings (SSSR count). The molecule has 0 heterocycles. The topological polar surface area (TPSA) is 0 Å². The first-order valence-corrected chi connectivity index (χ1v) is 3.39. The van der Waals surface area contributed by atoms with Gasteiger partial charge in [0.15, 0.2) is 0 Å². The van der Waals surface area contributed by atoms with Gasteiger partial charge in [0.25, 0.3) is 0 Å². The lowest BCUT2D eigenvalue weighted by Crippen LogP contribution is -1.88. The molecule has 0 heteroatoms. The van der Waals surface area contributed by atoms with Crippen LogP contribution in [0.25, 0.3) is 0 Å². The molecule has 0 unspecified atom stereocenters. The SMILES string of the molecule is C=C[CH]C1CCCC1. The third-order valence-electron chi connectivity index (χ3n) is 1.81. The molecule has 0 nitrogen and oxygen atoms in total. The minimum Gasteiger partial charge on any atom is -0.103 e. The van der Waals surface area contributed by atoms with E-state index < -0.39 is 0 Å². The van der Waals surface area contributed by atoms with Crippen molar-refractivity contribution in [3.05, 3.63) is 19.1 Å². The smallest absolute Gasteiger partial charge is 0.0142 e. The van der Waals surface area contributed by atoms with Crippen LogP contribution in [0, 0.1) is 12.3 Å². The van der Waals surface area contributed by atoms with Crippen molar-refractivity contribution in [2.75, 3.05) is 0 Å². The van der Waals surface area contributed by atoms with Crippen LogP contribution >= 0.6 is 0 Å². The fourth-order valence-electron chi connectivity index (χ4n) is 1.34. The lowest BCUT2D eigenvalue weighted by molar-refractivity contribution is 0.652. The Labute approximate surface area is 51.6 Å². The van der Waals surface area contributed by atoms with E-state index in [-0.39, 0.29) is 0 Å². The molecule has 0 aliphatic heterocycles. The van der Waals surface area contributed by atoms with Crippen molar-refractivity contribution in [3.63, 3.8) is 0 Å². The van der Waals surface area contributed by atoms with Crippen molar-refractivity contribution in [1.29, 1.82) is 0 Å². The van der Waals surface area contributed by atoms with Gasteiger partial charge in [-0.15, -0.1) is 6.58 Å². The summed E-state index contributed by atoms with van der Waals surface area (Å²) in [4.78, 5) is 0. The highest BCUT2D eigenvalue weighted by Gasteiger charge is 2.12. The summed E-state index contributed by atoms with van der Waals surface area (Å²) in [6.07, 6.45) is 9.80. The Bertz CT molecular complexity index is 68.1. The molecule has 0 N–H and O–H groups in total. The van der Waals surface area contributed by atoms with Crippen molar-refractivity contribution in [1.82, 2.24) is 0 Å². The van der Waals surface area contributed by atoms with Crippen molar-refractivity contribution in [3.8, 4) is 0 Å². The fourth-order valence-corrected chi connectivity index (χ4v) is 1.34. The maximum absolute atomic E-state index is 3.67. The summed E-state index contributed by atoms with van der Waals surface area (Å²) in [5.74, 6) is 0.868. The molecule has 0 saturated heterocycles. The second-order valence-electron chi connectivity index (χ2n) is 2.47. The average molecular weight is 109 g/mol. The molecule has 1 aliphatic rings. The molecule has 0 atom stereocenters. The monoisotopic (exact) mass is 109 g/mol. The first-order chi connectivity index (χ1) is 3.93. The Morgan fingerprint density at radius 2 is 1.88 bits per heavy atom. The number of hydrogen-bond acceptors (Lipinski definition) is 0. The predicted octanol–water partition coefficient (Wildman–Crippen LogP) is 2.57. The molecule has 0 aromatic rings. The Hall–Kier alpha value is -0.260. The summed E-state index contributed by atoms with van der Waals surface area (Å²) in [7, 11) is 0. The van der Waals surface area contributed by atoms with E-state index in [1.54, 1.807) is 0 Å². The molecule has 45 valence electrons. The van der Waals surface area contributed by atoms with Crippen LogP contribution in [0.15, 0.2) is 12.7 Å². The maximum Gasteiger partial charge on any atom is -0.0142 e. The molecule has 0 aromatic carbocycles. The van der Waals surface area contributed by atoms with Gasteiger partial charge in [0.05, 0.1) is 0 Å². The highest BCUT2D eigenvalue weighted by Crippen LogP contribution is 2.26. The highest BCUT2D eigenvalue weighted by atomic mass is 14.2. The van der Waals surface area contributed by atoms with E-state index in [4.69, 9.17) is 0 Å². The van der Waals surface area contributed by atoms with E-state index >= 15 is 0 Å². The van der Waals surface area contributed by atoms with Gasteiger partial charge >= 0.3 is 0 Å². The predicted molar refractivity (Wildman–Crippen MR) is 36.5 cm³/mol. The standard InChI is InChI=1S/C8H13/c1-2-5-8-6-3-4-7-8/h2,5,8H,1,3-4,6-7H2. The van der Waals surface area contributed by atoms with Gasteiger partial charge < -0.3 is 0 Å².